The first-order valence-electron chi connectivity index (χ1n) is 13.2. The Bertz CT molecular complexity index is 1140. The maximum absolute atomic E-state index is 6.55. The summed E-state index contributed by atoms with van der Waals surface area (Å²) in [6, 6.07) is 4.59. The number of nitrogens with one attached hydrogen (secondary N) is 1. The summed E-state index contributed by atoms with van der Waals surface area (Å²) in [5.74, 6) is 2.06. The first-order chi connectivity index (χ1) is 17.8. The van der Waals surface area contributed by atoms with E-state index < -0.39 is 0 Å². The Hall–Kier alpha value is -3.04. The zero-order valence-corrected chi connectivity index (χ0v) is 20.6. The van der Waals surface area contributed by atoms with Crippen molar-refractivity contribution < 1.29 is 14.2 Å². The molecule has 9 heteroatoms. The smallest absolute Gasteiger partial charge is 0.222 e. The average Bonchev–Trinajstić information content (AvgIpc) is 2.95. The predicted molar refractivity (Wildman–Crippen MR) is 138 cm³/mol. The zero-order chi connectivity index (χ0) is 24.2. The molecule has 1 N–H and O–H groups in total. The number of hydrogen-bond acceptors (Lipinski definition) is 9. The highest BCUT2D eigenvalue weighted by molar-refractivity contribution is 5.85. The van der Waals surface area contributed by atoms with E-state index in [1.807, 2.05) is 12.4 Å². The summed E-state index contributed by atoms with van der Waals surface area (Å²) in [7, 11) is 0. The van der Waals surface area contributed by atoms with Gasteiger partial charge in [0.2, 0.25) is 5.95 Å². The molecule has 3 aromatic rings. The number of nitrogens with zero attached hydrogens (tertiary/aromatic N) is 5. The van der Waals surface area contributed by atoms with E-state index in [1.54, 1.807) is 12.4 Å². The minimum atomic E-state index is 0.157. The normalized spacial score (nSPS) is 23.5. The molecule has 4 heterocycles. The first kappa shape index (κ1) is 23.4. The van der Waals surface area contributed by atoms with Gasteiger partial charge in [-0.05, 0) is 56.1 Å². The van der Waals surface area contributed by atoms with E-state index >= 15 is 0 Å². The lowest BCUT2D eigenvalue weighted by atomic mass is 9.93. The number of anilines is 2. The number of rotatable bonds is 6. The minimum absolute atomic E-state index is 0.157. The van der Waals surface area contributed by atoms with Crippen LogP contribution in [0.4, 0.5) is 11.6 Å². The molecule has 36 heavy (non-hydrogen) atoms. The molecule has 2 saturated heterocycles. The SMILES string of the molecule is c1cnc2c(O[C@H]3CC[C@@H](Nc4ncc(C5CCOCC5)cn4)CC3)cc(N3CCOCC3)cc2n1. The predicted octanol–water partition coefficient (Wildman–Crippen LogP) is 3.95. The zero-order valence-electron chi connectivity index (χ0n) is 20.6. The number of fused-ring (bicyclic) bond motifs is 1. The van der Waals surface area contributed by atoms with Gasteiger partial charge in [-0.3, -0.25) is 4.98 Å². The molecular weight excluding hydrogens is 456 g/mol. The fourth-order valence-corrected chi connectivity index (χ4v) is 5.46. The van der Waals surface area contributed by atoms with Crippen molar-refractivity contribution >= 4 is 22.7 Å². The summed E-state index contributed by atoms with van der Waals surface area (Å²) in [6.07, 6.45) is 13.7. The Kier molecular flexibility index (Phi) is 7.09. The van der Waals surface area contributed by atoms with Crippen LogP contribution in [-0.2, 0) is 9.47 Å². The maximum atomic E-state index is 6.55. The molecule has 0 amide bonds. The number of morpholine rings is 1. The van der Waals surface area contributed by atoms with Crippen LogP contribution in [0.25, 0.3) is 11.0 Å². The quantitative estimate of drug-likeness (QED) is 0.551. The molecular formula is C27H34N6O3. The summed E-state index contributed by atoms with van der Waals surface area (Å²) in [6.45, 7) is 4.90. The second kappa shape index (κ2) is 10.9. The monoisotopic (exact) mass is 490 g/mol. The highest BCUT2D eigenvalue weighted by Gasteiger charge is 2.25. The fourth-order valence-electron chi connectivity index (χ4n) is 5.46. The van der Waals surface area contributed by atoms with Crippen molar-refractivity contribution in [3.63, 3.8) is 0 Å². The average molecular weight is 491 g/mol. The maximum Gasteiger partial charge on any atom is 0.222 e. The van der Waals surface area contributed by atoms with Gasteiger partial charge in [0.25, 0.3) is 0 Å². The van der Waals surface area contributed by atoms with Gasteiger partial charge in [-0.2, -0.15) is 0 Å². The van der Waals surface area contributed by atoms with Gasteiger partial charge in [-0.1, -0.05) is 0 Å². The molecule has 0 bridgehead atoms. The van der Waals surface area contributed by atoms with Gasteiger partial charge in [0.05, 0.1) is 24.8 Å². The van der Waals surface area contributed by atoms with Gasteiger partial charge < -0.3 is 24.4 Å². The second-order valence-electron chi connectivity index (χ2n) is 9.93. The number of hydrogen-bond donors (Lipinski definition) is 1. The molecule has 3 fully saturated rings. The molecule has 1 saturated carbocycles. The van der Waals surface area contributed by atoms with Crippen molar-refractivity contribution in [3.8, 4) is 5.75 Å². The van der Waals surface area contributed by atoms with Gasteiger partial charge in [-0.25, -0.2) is 15.0 Å². The standard InChI is InChI=1S/C27H34N6O3/c1-3-23(4-2-21(1)32-27-30-17-20(18-31-27)19-5-11-34-12-6-19)36-25-16-22(33-9-13-35-14-10-33)15-24-26(25)29-8-7-28-24/h7-8,15-19,21,23H,1-6,9-14H2,(H,30,31,32)/t21-,23+. The van der Waals surface area contributed by atoms with Crippen LogP contribution in [0, 0.1) is 0 Å². The summed E-state index contributed by atoms with van der Waals surface area (Å²) < 4.78 is 17.5. The third kappa shape index (κ3) is 5.37. The highest BCUT2D eigenvalue weighted by Crippen LogP contribution is 2.33. The Morgan fingerprint density at radius 2 is 1.53 bits per heavy atom. The van der Waals surface area contributed by atoms with Crippen LogP contribution < -0.4 is 15.0 Å². The molecule has 0 unspecified atom stereocenters. The Morgan fingerprint density at radius 3 is 2.31 bits per heavy atom. The number of aromatic nitrogens is 4. The van der Waals surface area contributed by atoms with Crippen molar-refractivity contribution in [2.24, 2.45) is 0 Å². The molecule has 9 nitrogen and oxygen atoms in total. The third-order valence-corrected chi connectivity index (χ3v) is 7.57. The third-order valence-electron chi connectivity index (χ3n) is 7.57. The fraction of sp³-hybridized carbons (Fsp3) is 0.556. The lowest BCUT2D eigenvalue weighted by molar-refractivity contribution is 0.0852. The number of ether oxygens (including phenoxy) is 3. The van der Waals surface area contributed by atoms with Gasteiger partial charge in [-0.15, -0.1) is 0 Å². The van der Waals surface area contributed by atoms with E-state index in [-0.39, 0.29) is 6.10 Å². The van der Waals surface area contributed by atoms with Crippen LogP contribution in [0.5, 0.6) is 5.75 Å². The molecule has 1 aromatic carbocycles. The van der Waals surface area contributed by atoms with E-state index in [0.29, 0.717) is 12.0 Å². The minimum Gasteiger partial charge on any atom is -0.488 e. The largest absolute Gasteiger partial charge is 0.488 e. The van der Waals surface area contributed by atoms with Crippen molar-refractivity contribution in [3.05, 3.63) is 42.5 Å². The summed E-state index contributed by atoms with van der Waals surface area (Å²) in [5.41, 5.74) is 4.04. The Balaban J connectivity index is 1.07. The Labute approximate surface area is 211 Å². The molecule has 3 aliphatic rings. The van der Waals surface area contributed by atoms with E-state index in [4.69, 9.17) is 14.2 Å². The van der Waals surface area contributed by atoms with Crippen molar-refractivity contribution in [1.82, 2.24) is 19.9 Å². The lowest BCUT2D eigenvalue weighted by Crippen LogP contribution is -2.36. The van der Waals surface area contributed by atoms with Gasteiger partial charge in [0.1, 0.15) is 11.3 Å². The van der Waals surface area contributed by atoms with Crippen LogP contribution in [0.15, 0.2) is 36.9 Å². The van der Waals surface area contributed by atoms with Crippen molar-refractivity contribution in [2.45, 2.75) is 56.6 Å². The highest BCUT2D eigenvalue weighted by atomic mass is 16.5. The van der Waals surface area contributed by atoms with Crippen molar-refractivity contribution in [2.75, 3.05) is 49.7 Å². The topological polar surface area (TPSA) is 94.5 Å². The molecule has 0 radical (unpaired) electrons. The van der Waals surface area contributed by atoms with Crippen LogP contribution in [-0.4, -0.2) is 71.6 Å². The molecule has 190 valence electrons. The molecule has 1 aliphatic carbocycles. The van der Waals surface area contributed by atoms with E-state index in [9.17, 15) is 0 Å². The summed E-state index contributed by atoms with van der Waals surface area (Å²) in [4.78, 5) is 20.7. The van der Waals surface area contributed by atoms with E-state index in [1.165, 1.54) is 5.56 Å². The van der Waals surface area contributed by atoms with E-state index in [0.717, 1.165) is 106 Å². The summed E-state index contributed by atoms with van der Waals surface area (Å²) >= 11 is 0. The van der Waals surface area contributed by atoms with Gasteiger partial charge >= 0.3 is 0 Å². The molecule has 0 atom stereocenters. The van der Waals surface area contributed by atoms with Crippen LogP contribution in [0.2, 0.25) is 0 Å². The van der Waals surface area contributed by atoms with Crippen LogP contribution in [0.1, 0.15) is 50.0 Å². The summed E-state index contributed by atoms with van der Waals surface area (Å²) in [5, 5.41) is 3.53. The molecule has 6 rings (SSSR count). The molecule has 0 spiro atoms. The molecule has 2 aromatic heterocycles. The van der Waals surface area contributed by atoms with Gasteiger partial charge in [0.15, 0.2) is 0 Å². The van der Waals surface area contributed by atoms with Crippen LogP contribution >= 0.6 is 0 Å². The van der Waals surface area contributed by atoms with Crippen LogP contribution in [0.3, 0.4) is 0 Å². The van der Waals surface area contributed by atoms with E-state index in [2.05, 4.69) is 42.3 Å². The first-order valence-corrected chi connectivity index (χ1v) is 13.2. The Morgan fingerprint density at radius 1 is 0.806 bits per heavy atom. The second-order valence-corrected chi connectivity index (χ2v) is 9.93. The van der Waals surface area contributed by atoms with Crippen molar-refractivity contribution in [1.29, 1.82) is 0 Å². The number of benzene rings is 1. The lowest BCUT2D eigenvalue weighted by Gasteiger charge is -2.31. The van der Waals surface area contributed by atoms with Gasteiger partial charge in [0, 0.05) is 68.9 Å². The molecule has 2 aliphatic heterocycles.